The van der Waals surface area contributed by atoms with Crippen LogP contribution in [0.25, 0.3) is 0 Å². The van der Waals surface area contributed by atoms with Crippen LogP contribution >= 0.6 is 11.0 Å². The van der Waals surface area contributed by atoms with Gasteiger partial charge in [-0.25, -0.2) is 13.7 Å². The lowest BCUT2D eigenvalue weighted by atomic mass is 9.78. The van der Waals surface area contributed by atoms with Crippen molar-refractivity contribution in [1.29, 1.82) is 5.26 Å². The first-order chi connectivity index (χ1) is 15.1. The third-order valence-corrected chi connectivity index (χ3v) is 9.24. The fourth-order valence-electron chi connectivity index (χ4n) is 5.55. The number of rotatable bonds is 5. The van der Waals surface area contributed by atoms with Gasteiger partial charge in [0.2, 0.25) is 0 Å². The molecule has 4 atom stereocenters. The number of halogens is 1. The second-order valence-electron chi connectivity index (χ2n) is 9.79. The number of likely N-dealkylation sites (N-methyl/N-ethyl adjacent to an activating group) is 1. The van der Waals surface area contributed by atoms with E-state index in [9.17, 15) is 18.8 Å². The molecule has 2 saturated heterocycles. The largest absolute Gasteiger partial charge is 0.375 e. The molecule has 1 spiro atoms. The van der Waals surface area contributed by atoms with Crippen LogP contribution in [0.3, 0.4) is 0 Å². The summed E-state index contributed by atoms with van der Waals surface area (Å²) in [5, 5.41) is 9.56. The molecule has 0 amide bonds. The Morgan fingerprint density at radius 1 is 1.41 bits per heavy atom. The van der Waals surface area contributed by atoms with Crippen LogP contribution in [0.2, 0.25) is 0 Å². The fraction of sp³-hybridized carbons (Fsp3) is 0.727. The molecule has 3 heterocycles. The Balaban J connectivity index is 1.57. The average Bonchev–Trinajstić information content (AvgIpc) is 2.89. The highest BCUT2D eigenvalue weighted by Gasteiger charge is 2.56. The van der Waals surface area contributed by atoms with Crippen molar-refractivity contribution in [1.82, 2.24) is 14.2 Å². The van der Waals surface area contributed by atoms with Gasteiger partial charge in [0, 0.05) is 38.8 Å². The van der Waals surface area contributed by atoms with Gasteiger partial charge in [0.15, 0.2) is 5.69 Å². The van der Waals surface area contributed by atoms with Gasteiger partial charge in [-0.1, -0.05) is 0 Å². The minimum absolute atomic E-state index is 0.000670. The van der Waals surface area contributed by atoms with Gasteiger partial charge in [0.25, 0.3) is 0 Å². The lowest BCUT2D eigenvalue weighted by Crippen LogP contribution is -2.59. The zero-order chi connectivity index (χ0) is 23.3. The third-order valence-electron chi connectivity index (χ3n) is 7.20. The summed E-state index contributed by atoms with van der Waals surface area (Å²) in [6.45, 7) is 8.49. The van der Waals surface area contributed by atoms with Crippen LogP contribution in [-0.4, -0.2) is 73.8 Å². The molecule has 1 aromatic rings. The number of ether oxygens (including phenoxy) is 1. The van der Waals surface area contributed by atoms with Gasteiger partial charge in [-0.15, -0.1) is 0 Å². The van der Waals surface area contributed by atoms with E-state index in [1.807, 2.05) is 6.07 Å². The Morgan fingerprint density at radius 3 is 2.75 bits per heavy atom. The lowest BCUT2D eigenvalue weighted by Gasteiger charge is -2.52. The van der Waals surface area contributed by atoms with Crippen LogP contribution in [-0.2, 0) is 4.74 Å². The van der Waals surface area contributed by atoms with Crippen LogP contribution in [0.4, 0.5) is 10.1 Å². The quantitative estimate of drug-likeness (QED) is 0.674. The second kappa shape index (κ2) is 8.70. The summed E-state index contributed by atoms with van der Waals surface area (Å²) in [6, 6.07) is 3.37. The van der Waals surface area contributed by atoms with Gasteiger partial charge < -0.3 is 9.64 Å². The smallest absolute Gasteiger partial charge is 0.165 e. The highest BCUT2D eigenvalue weighted by molar-refractivity contribution is 8.23. The van der Waals surface area contributed by atoms with Gasteiger partial charge >= 0.3 is 0 Å². The van der Waals surface area contributed by atoms with Gasteiger partial charge in [0.1, 0.15) is 11.9 Å². The first-order valence-electron chi connectivity index (χ1n) is 11.3. The monoisotopic (exact) mass is 467 g/mol. The predicted octanol–water partition coefficient (Wildman–Crippen LogP) is 3.85. The van der Waals surface area contributed by atoms with Crippen LogP contribution in [0.15, 0.2) is 12.3 Å². The van der Waals surface area contributed by atoms with E-state index in [0.29, 0.717) is 31.4 Å². The number of pyridine rings is 1. The van der Waals surface area contributed by atoms with Crippen molar-refractivity contribution in [2.75, 3.05) is 31.0 Å². The molecular weight excluding hydrogens is 433 g/mol. The third kappa shape index (κ3) is 4.11. The Morgan fingerprint density at radius 2 is 2.16 bits per heavy atom. The summed E-state index contributed by atoms with van der Waals surface area (Å²) in [4.78, 5) is 6.37. The standard InChI is InChI=1S/C22H34FN5O3S/c1-15(2)31-21-6-5-17(21)13-27-8-7-22(10-16(27)3)14-26(4)32(29,30)28(22)20-9-18(23)12-25-19(20)11-24/h9,12,15-17,21,29-30H,5-8,10,13-14H2,1-4H3. The number of piperidine rings is 1. The lowest BCUT2D eigenvalue weighted by molar-refractivity contribution is -0.0898. The van der Waals surface area contributed by atoms with Crippen LogP contribution in [0.1, 0.15) is 52.1 Å². The van der Waals surface area contributed by atoms with Crippen molar-refractivity contribution in [3.63, 3.8) is 0 Å². The van der Waals surface area contributed by atoms with Crippen LogP contribution < -0.4 is 4.31 Å². The molecule has 1 aliphatic carbocycles. The minimum Gasteiger partial charge on any atom is -0.375 e. The number of hydrogen-bond acceptors (Lipinski definition) is 8. The second-order valence-corrected chi connectivity index (χ2v) is 11.8. The van der Waals surface area contributed by atoms with Gasteiger partial charge in [0.05, 0.1) is 29.6 Å². The van der Waals surface area contributed by atoms with Crippen molar-refractivity contribution >= 4 is 16.6 Å². The number of aromatic nitrogens is 1. The maximum atomic E-state index is 14.1. The van der Waals surface area contributed by atoms with E-state index in [4.69, 9.17) is 4.74 Å². The number of nitriles is 1. The molecule has 8 nitrogen and oxygen atoms in total. The number of hydrogen-bond donors (Lipinski definition) is 2. The summed E-state index contributed by atoms with van der Waals surface area (Å²) >= 11 is 0. The zero-order valence-electron chi connectivity index (χ0n) is 19.2. The number of anilines is 1. The van der Waals surface area contributed by atoms with Crippen molar-refractivity contribution in [2.45, 2.75) is 70.2 Å². The molecule has 178 valence electrons. The zero-order valence-corrected chi connectivity index (χ0v) is 20.1. The van der Waals surface area contributed by atoms with E-state index in [1.54, 1.807) is 7.05 Å². The fourth-order valence-corrected chi connectivity index (χ4v) is 7.39. The molecule has 0 radical (unpaired) electrons. The van der Waals surface area contributed by atoms with Gasteiger partial charge in [-0.3, -0.25) is 9.11 Å². The van der Waals surface area contributed by atoms with E-state index in [1.165, 1.54) is 21.1 Å². The van der Waals surface area contributed by atoms with E-state index in [0.717, 1.165) is 25.7 Å². The molecule has 3 aliphatic rings. The molecule has 1 aromatic heterocycles. The molecule has 2 aliphatic heterocycles. The molecule has 0 bridgehead atoms. The molecule has 3 fully saturated rings. The Bertz CT molecular complexity index is 897. The molecule has 1 saturated carbocycles. The number of nitrogens with zero attached hydrogens (tertiary/aromatic N) is 5. The van der Waals surface area contributed by atoms with Crippen molar-refractivity contribution < 1.29 is 18.2 Å². The summed E-state index contributed by atoms with van der Waals surface area (Å²) in [5.74, 6) is -0.0835. The van der Waals surface area contributed by atoms with Crippen LogP contribution in [0, 0.1) is 23.1 Å². The van der Waals surface area contributed by atoms with Crippen molar-refractivity contribution in [3.05, 3.63) is 23.8 Å². The molecule has 2 N–H and O–H groups in total. The topological polar surface area (TPSA) is 96.1 Å². The minimum atomic E-state index is -3.39. The van der Waals surface area contributed by atoms with E-state index < -0.39 is 22.3 Å². The Hall–Kier alpha value is -1.48. The summed E-state index contributed by atoms with van der Waals surface area (Å²) in [5.41, 5.74) is -0.459. The highest BCUT2D eigenvalue weighted by Crippen LogP contribution is 2.61. The maximum Gasteiger partial charge on any atom is 0.165 e. The Kier molecular flexibility index (Phi) is 6.44. The number of likely N-dealkylation sites (tertiary alicyclic amines) is 1. The molecule has 10 heteroatoms. The maximum absolute atomic E-state index is 14.1. The van der Waals surface area contributed by atoms with E-state index in [2.05, 4.69) is 30.7 Å². The average molecular weight is 468 g/mol. The molecule has 4 unspecified atom stereocenters. The SMILES string of the molecule is CC(C)OC1CCC1CN1CCC2(CC1C)CN(C)S(O)(O)N2c1cc(F)cnc1C#N. The molecular formula is C22H34FN5O3S. The van der Waals surface area contributed by atoms with Crippen molar-refractivity contribution in [3.8, 4) is 6.07 Å². The molecule has 32 heavy (non-hydrogen) atoms. The summed E-state index contributed by atoms with van der Waals surface area (Å²) in [6.07, 6.45) is 5.17. The van der Waals surface area contributed by atoms with E-state index in [-0.39, 0.29) is 23.5 Å². The normalized spacial score (nSPS) is 34.0. The van der Waals surface area contributed by atoms with Gasteiger partial charge in [-0.2, -0.15) is 9.57 Å². The highest BCUT2D eigenvalue weighted by atomic mass is 32.3. The Labute approximate surface area is 191 Å². The van der Waals surface area contributed by atoms with E-state index >= 15 is 0 Å². The first-order valence-corrected chi connectivity index (χ1v) is 12.8. The van der Waals surface area contributed by atoms with Gasteiger partial charge in [-0.05, 0) is 63.3 Å². The molecule has 4 rings (SSSR count). The van der Waals surface area contributed by atoms with Crippen molar-refractivity contribution in [2.24, 2.45) is 5.92 Å². The molecule has 0 aromatic carbocycles. The summed E-state index contributed by atoms with van der Waals surface area (Å²) < 4.78 is 45.3. The summed E-state index contributed by atoms with van der Waals surface area (Å²) in [7, 11) is -1.72. The first kappa shape index (κ1) is 23.7. The predicted molar refractivity (Wildman–Crippen MR) is 123 cm³/mol. The van der Waals surface area contributed by atoms with Crippen LogP contribution in [0.5, 0.6) is 0 Å².